The van der Waals surface area contributed by atoms with Gasteiger partial charge in [0.2, 0.25) is 0 Å². The fourth-order valence-corrected chi connectivity index (χ4v) is 1.34. The van der Waals surface area contributed by atoms with Gasteiger partial charge in [0.1, 0.15) is 5.82 Å². The zero-order valence-corrected chi connectivity index (χ0v) is 7.69. The highest BCUT2D eigenvalue weighted by atomic mass is 32.2. The second-order valence-corrected chi connectivity index (χ2v) is 3.18. The Kier molecular flexibility index (Phi) is 3.49. The first kappa shape index (κ1) is 8.95. The zero-order chi connectivity index (χ0) is 8.81. The van der Waals surface area contributed by atoms with Crippen LogP contribution in [-0.4, -0.2) is 10.7 Å². The molecule has 0 atom stereocenters. The largest absolute Gasteiger partial charge is 0.384 e. The number of nitrogen functional groups attached to an aromatic ring is 1. The molecule has 0 amide bonds. The molecule has 0 radical (unpaired) electrons. The smallest absolute Gasteiger partial charge is 0.123 e. The summed E-state index contributed by atoms with van der Waals surface area (Å²) < 4.78 is 0. The molecule has 0 unspecified atom stereocenters. The number of nitrogens with zero attached hydrogens (tertiary/aromatic N) is 1. The highest BCUT2D eigenvalue weighted by Crippen LogP contribution is 2.16. The molecule has 0 aromatic carbocycles. The first-order valence-electron chi connectivity index (χ1n) is 3.57. The van der Waals surface area contributed by atoms with Gasteiger partial charge >= 0.3 is 0 Å². The molecule has 1 rings (SSSR count). The topological polar surface area (TPSA) is 38.9 Å². The summed E-state index contributed by atoms with van der Waals surface area (Å²) in [6, 6.07) is 3.74. The third kappa shape index (κ3) is 2.85. The van der Waals surface area contributed by atoms with Crippen molar-refractivity contribution < 1.29 is 0 Å². The zero-order valence-electron chi connectivity index (χ0n) is 6.87. The van der Waals surface area contributed by atoms with E-state index in [1.54, 1.807) is 24.0 Å². The summed E-state index contributed by atoms with van der Waals surface area (Å²) in [4.78, 5) is 5.07. The Morgan fingerprint density at radius 3 is 3.00 bits per heavy atom. The molecule has 2 N–H and O–H groups in total. The summed E-state index contributed by atoms with van der Waals surface area (Å²) in [5, 5.41) is 0. The minimum absolute atomic E-state index is 0.556. The minimum atomic E-state index is 0.556. The first-order chi connectivity index (χ1) is 5.83. The molecule has 0 aliphatic carbocycles. The van der Waals surface area contributed by atoms with Crippen LogP contribution in [-0.2, 0) is 0 Å². The highest BCUT2D eigenvalue weighted by molar-refractivity contribution is 7.99. The summed E-state index contributed by atoms with van der Waals surface area (Å²) in [6.45, 7) is 1.84. The minimum Gasteiger partial charge on any atom is -0.384 e. The van der Waals surface area contributed by atoms with Crippen LogP contribution in [0.1, 0.15) is 6.92 Å². The van der Waals surface area contributed by atoms with Crippen molar-refractivity contribution in [2.24, 2.45) is 0 Å². The van der Waals surface area contributed by atoms with E-state index in [-0.39, 0.29) is 0 Å². The maximum atomic E-state index is 5.43. The van der Waals surface area contributed by atoms with Gasteiger partial charge in [0.15, 0.2) is 0 Å². The Morgan fingerprint density at radius 1 is 1.58 bits per heavy atom. The van der Waals surface area contributed by atoms with Gasteiger partial charge in [-0.15, -0.1) is 17.7 Å². The van der Waals surface area contributed by atoms with Crippen LogP contribution in [0.3, 0.4) is 0 Å². The average molecular weight is 178 g/mol. The molecule has 0 aliphatic rings. The van der Waals surface area contributed by atoms with Crippen LogP contribution in [0.25, 0.3) is 0 Å². The summed E-state index contributed by atoms with van der Waals surface area (Å²) in [5.74, 6) is 7.16. The average Bonchev–Trinajstić information content (AvgIpc) is 2.09. The molecule has 3 heteroatoms. The molecule has 1 aromatic rings. The molecule has 1 heterocycles. The van der Waals surface area contributed by atoms with Crippen molar-refractivity contribution in [3.8, 4) is 11.8 Å². The Balaban J connectivity index is 2.51. The van der Waals surface area contributed by atoms with E-state index in [1.807, 2.05) is 13.0 Å². The van der Waals surface area contributed by atoms with E-state index in [0.29, 0.717) is 5.82 Å². The number of pyridine rings is 1. The Bertz CT molecular complexity index is 295. The molecule has 0 spiro atoms. The van der Waals surface area contributed by atoms with Gasteiger partial charge in [-0.3, -0.25) is 0 Å². The van der Waals surface area contributed by atoms with Crippen molar-refractivity contribution in [2.75, 3.05) is 11.5 Å². The highest BCUT2D eigenvalue weighted by Gasteiger charge is 1.91. The Labute approximate surface area is 76.6 Å². The van der Waals surface area contributed by atoms with Crippen molar-refractivity contribution in [1.82, 2.24) is 4.98 Å². The SMILES string of the molecule is CC#CCSc1ccc(N)nc1. The number of hydrogen-bond acceptors (Lipinski definition) is 3. The quantitative estimate of drug-likeness (QED) is 0.554. The second-order valence-electron chi connectivity index (χ2n) is 2.13. The van der Waals surface area contributed by atoms with Gasteiger partial charge < -0.3 is 5.73 Å². The molecule has 0 saturated heterocycles. The van der Waals surface area contributed by atoms with Crippen LogP contribution in [0.5, 0.6) is 0 Å². The predicted octanol–water partition coefficient (Wildman–Crippen LogP) is 1.78. The summed E-state index contributed by atoms with van der Waals surface area (Å²) >= 11 is 1.66. The summed E-state index contributed by atoms with van der Waals surface area (Å²) in [7, 11) is 0. The van der Waals surface area contributed by atoms with Gasteiger partial charge in [0.05, 0.1) is 5.75 Å². The van der Waals surface area contributed by atoms with Crippen LogP contribution >= 0.6 is 11.8 Å². The van der Waals surface area contributed by atoms with Gasteiger partial charge in [0.25, 0.3) is 0 Å². The molecular formula is C9H10N2S. The lowest BCUT2D eigenvalue weighted by Crippen LogP contribution is -1.87. The van der Waals surface area contributed by atoms with Crippen LogP contribution < -0.4 is 5.73 Å². The third-order valence-corrected chi connectivity index (χ3v) is 2.11. The standard InChI is InChI=1S/C9H10N2S/c1-2-3-6-12-8-4-5-9(10)11-7-8/h4-5,7H,6H2,1H3,(H2,10,11). The van der Waals surface area contributed by atoms with E-state index < -0.39 is 0 Å². The molecule has 62 valence electrons. The number of thioether (sulfide) groups is 1. The molecule has 0 saturated carbocycles. The van der Waals surface area contributed by atoms with Gasteiger partial charge in [-0.05, 0) is 19.1 Å². The normalized spacial score (nSPS) is 8.75. The van der Waals surface area contributed by atoms with Gasteiger partial charge in [-0.2, -0.15) is 0 Å². The van der Waals surface area contributed by atoms with Crippen molar-refractivity contribution in [3.63, 3.8) is 0 Å². The summed E-state index contributed by atoms with van der Waals surface area (Å²) in [5.41, 5.74) is 5.43. The summed E-state index contributed by atoms with van der Waals surface area (Å²) in [6.07, 6.45) is 1.76. The Hall–Kier alpha value is -1.14. The lowest BCUT2D eigenvalue weighted by molar-refractivity contribution is 1.25. The fraction of sp³-hybridized carbons (Fsp3) is 0.222. The maximum absolute atomic E-state index is 5.43. The Morgan fingerprint density at radius 2 is 2.42 bits per heavy atom. The van der Waals surface area contributed by atoms with E-state index >= 15 is 0 Å². The van der Waals surface area contributed by atoms with Crippen molar-refractivity contribution in [1.29, 1.82) is 0 Å². The number of nitrogens with two attached hydrogens (primary N) is 1. The number of anilines is 1. The molecule has 0 aliphatic heterocycles. The molecule has 1 aromatic heterocycles. The van der Waals surface area contributed by atoms with Crippen molar-refractivity contribution in [3.05, 3.63) is 18.3 Å². The van der Waals surface area contributed by atoms with Crippen LogP contribution in [0, 0.1) is 11.8 Å². The van der Waals surface area contributed by atoms with Crippen molar-refractivity contribution in [2.45, 2.75) is 11.8 Å². The van der Waals surface area contributed by atoms with Gasteiger partial charge in [0, 0.05) is 11.1 Å². The predicted molar refractivity (Wildman–Crippen MR) is 52.8 cm³/mol. The number of rotatable bonds is 2. The lowest BCUT2D eigenvalue weighted by Gasteiger charge is -1.96. The molecule has 0 bridgehead atoms. The number of aromatic nitrogens is 1. The van der Waals surface area contributed by atoms with E-state index in [4.69, 9.17) is 5.73 Å². The molecule has 2 nitrogen and oxygen atoms in total. The molecular weight excluding hydrogens is 168 g/mol. The monoisotopic (exact) mass is 178 g/mol. The third-order valence-electron chi connectivity index (χ3n) is 1.25. The molecule has 0 fully saturated rings. The van der Waals surface area contributed by atoms with E-state index in [1.165, 1.54) is 0 Å². The second kappa shape index (κ2) is 4.68. The lowest BCUT2D eigenvalue weighted by atomic mass is 10.5. The van der Waals surface area contributed by atoms with Crippen LogP contribution in [0.2, 0.25) is 0 Å². The van der Waals surface area contributed by atoms with E-state index in [0.717, 1.165) is 10.6 Å². The van der Waals surface area contributed by atoms with Gasteiger partial charge in [-0.1, -0.05) is 5.92 Å². The van der Waals surface area contributed by atoms with E-state index in [9.17, 15) is 0 Å². The van der Waals surface area contributed by atoms with Crippen molar-refractivity contribution >= 4 is 17.6 Å². The van der Waals surface area contributed by atoms with Crippen LogP contribution in [0.4, 0.5) is 5.82 Å². The maximum Gasteiger partial charge on any atom is 0.123 e. The first-order valence-corrected chi connectivity index (χ1v) is 4.55. The fourth-order valence-electron chi connectivity index (χ4n) is 0.669. The number of hydrogen-bond donors (Lipinski definition) is 1. The van der Waals surface area contributed by atoms with Gasteiger partial charge in [-0.25, -0.2) is 4.98 Å². The van der Waals surface area contributed by atoms with E-state index in [2.05, 4.69) is 16.8 Å². The molecule has 12 heavy (non-hydrogen) atoms. The van der Waals surface area contributed by atoms with Crippen LogP contribution in [0.15, 0.2) is 23.2 Å².